The standard InChI is InChI=1S/C17H12F3N3O2/c1-9(24)12-3-2-4-13-14(12)17(19,20)16(25)23(13)8-10-5-11(6-21)15(18)22-7-10/h2-5,7,9,24H,8H2,1H3/t9-/m0/s1. The molecule has 0 bridgehead atoms. The van der Waals surface area contributed by atoms with Gasteiger partial charge in [-0.3, -0.25) is 4.79 Å². The number of nitrogens with zero attached hydrogens (tertiary/aromatic N) is 3. The van der Waals surface area contributed by atoms with Crippen LogP contribution in [0.3, 0.4) is 0 Å². The highest BCUT2D eigenvalue weighted by molar-refractivity contribution is 6.06. The van der Waals surface area contributed by atoms with Gasteiger partial charge in [0.05, 0.1) is 23.9 Å². The number of carbonyl (C=O) groups excluding carboxylic acids is 1. The fraction of sp³-hybridized carbons (Fsp3) is 0.235. The first kappa shape index (κ1) is 16.9. The lowest BCUT2D eigenvalue weighted by atomic mass is 9.98. The molecular formula is C17H12F3N3O2. The fourth-order valence-corrected chi connectivity index (χ4v) is 2.85. The molecule has 0 radical (unpaired) electrons. The maximum atomic E-state index is 14.5. The van der Waals surface area contributed by atoms with Crippen LogP contribution in [-0.2, 0) is 17.3 Å². The number of anilines is 1. The van der Waals surface area contributed by atoms with Gasteiger partial charge < -0.3 is 10.0 Å². The minimum atomic E-state index is -3.78. The number of aromatic nitrogens is 1. The van der Waals surface area contributed by atoms with E-state index in [-0.39, 0.29) is 28.9 Å². The number of aliphatic hydroxyl groups excluding tert-OH is 1. The highest BCUT2D eigenvalue weighted by Gasteiger charge is 2.54. The quantitative estimate of drug-likeness (QED) is 0.866. The van der Waals surface area contributed by atoms with Gasteiger partial charge in [-0.05, 0) is 30.2 Å². The minimum Gasteiger partial charge on any atom is -0.389 e. The zero-order chi connectivity index (χ0) is 18.4. The Labute approximate surface area is 140 Å². The number of carbonyl (C=O) groups is 1. The maximum absolute atomic E-state index is 14.5. The predicted molar refractivity (Wildman–Crippen MR) is 81.1 cm³/mol. The molecule has 0 saturated carbocycles. The first-order valence-corrected chi connectivity index (χ1v) is 7.33. The van der Waals surface area contributed by atoms with E-state index >= 15 is 0 Å². The third-order valence-corrected chi connectivity index (χ3v) is 4.00. The normalized spacial score (nSPS) is 16.5. The molecule has 1 atom stereocenters. The molecule has 2 aromatic rings. The Morgan fingerprint density at radius 3 is 2.80 bits per heavy atom. The van der Waals surface area contributed by atoms with E-state index in [1.807, 2.05) is 0 Å². The number of rotatable bonds is 3. The molecule has 1 aromatic carbocycles. The Hall–Kier alpha value is -2.92. The van der Waals surface area contributed by atoms with Crippen LogP contribution < -0.4 is 4.90 Å². The number of fused-ring (bicyclic) bond motifs is 1. The topological polar surface area (TPSA) is 77.2 Å². The highest BCUT2D eigenvalue weighted by Crippen LogP contribution is 2.47. The van der Waals surface area contributed by atoms with Crippen molar-refractivity contribution in [1.82, 2.24) is 4.98 Å². The van der Waals surface area contributed by atoms with Crippen molar-refractivity contribution < 1.29 is 23.1 Å². The van der Waals surface area contributed by atoms with Gasteiger partial charge in [-0.25, -0.2) is 4.98 Å². The van der Waals surface area contributed by atoms with Crippen LogP contribution in [0, 0.1) is 17.3 Å². The Balaban J connectivity index is 2.07. The van der Waals surface area contributed by atoms with E-state index in [1.54, 1.807) is 6.07 Å². The Morgan fingerprint density at radius 2 is 2.16 bits per heavy atom. The molecule has 0 spiro atoms. The first-order chi connectivity index (χ1) is 11.8. The Morgan fingerprint density at radius 1 is 1.44 bits per heavy atom. The minimum absolute atomic E-state index is 0.0313. The van der Waals surface area contributed by atoms with Crippen molar-refractivity contribution in [2.75, 3.05) is 4.90 Å². The van der Waals surface area contributed by atoms with Crippen molar-refractivity contribution in [3.8, 4) is 6.07 Å². The zero-order valence-corrected chi connectivity index (χ0v) is 13.0. The summed E-state index contributed by atoms with van der Waals surface area (Å²) in [4.78, 5) is 16.5. The van der Waals surface area contributed by atoms with Gasteiger partial charge in [-0.1, -0.05) is 12.1 Å². The van der Waals surface area contributed by atoms with Crippen molar-refractivity contribution >= 4 is 11.6 Å². The molecule has 0 fully saturated rings. The largest absolute Gasteiger partial charge is 0.389 e. The summed E-state index contributed by atoms with van der Waals surface area (Å²) in [6.07, 6.45) is -0.0933. The van der Waals surface area contributed by atoms with Crippen LogP contribution in [0.2, 0.25) is 0 Å². The molecular weight excluding hydrogens is 335 g/mol. The second kappa shape index (κ2) is 5.86. The van der Waals surface area contributed by atoms with E-state index in [4.69, 9.17) is 5.26 Å². The average molecular weight is 347 g/mol. The lowest BCUT2D eigenvalue weighted by Gasteiger charge is -2.17. The molecule has 1 aromatic heterocycles. The molecule has 0 unspecified atom stereocenters. The van der Waals surface area contributed by atoms with Gasteiger partial charge in [-0.15, -0.1) is 0 Å². The number of alkyl halides is 2. The molecule has 1 amide bonds. The zero-order valence-electron chi connectivity index (χ0n) is 13.0. The molecule has 5 nitrogen and oxygen atoms in total. The smallest absolute Gasteiger partial charge is 0.352 e. The third kappa shape index (κ3) is 2.62. The number of halogens is 3. The number of hydrogen-bond acceptors (Lipinski definition) is 4. The lowest BCUT2D eigenvalue weighted by molar-refractivity contribution is -0.141. The van der Waals surface area contributed by atoms with Crippen LogP contribution in [0.4, 0.5) is 18.9 Å². The number of aliphatic hydroxyl groups is 1. The molecule has 25 heavy (non-hydrogen) atoms. The molecule has 1 aliphatic heterocycles. The summed E-state index contributed by atoms with van der Waals surface area (Å²) in [6, 6.07) is 6.91. The van der Waals surface area contributed by atoms with Crippen molar-refractivity contribution in [2.45, 2.75) is 25.5 Å². The maximum Gasteiger partial charge on any atom is 0.352 e. The SMILES string of the molecule is C[C@H](O)c1cccc2c1C(F)(F)C(=O)N2Cc1cnc(F)c(C#N)c1. The number of amides is 1. The second-order valence-corrected chi connectivity index (χ2v) is 5.68. The molecule has 0 aliphatic carbocycles. The highest BCUT2D eigenvalue weighted by atomic mass is 19.3. The van der Waals surface area contributed by atoms with Crippen LogP contribution >= 0.6 is 0 Å². The van der Waals surface area contributed by atoms with Crippen molar-refractivity contribution in [2.24, 2.45) is 0 Å². The van der Waals surface area contributed by atoms with Gasteiger partial charge in [0.2, 0.25) is 5.95 Å². The summed E-state index contributed by atoms with van der Waals surface area (Å²) >= 11 is 0. The average Bonchev–Trinajstić information content (AvgIpc) is 2.77. The lowest BCUT2D eigenvalue weighted by Crippen LogP contribution is -2.34. The van der Waals surface area contributed by atoms with E-state index < -0.39 is 29.4 Å². The van der Waals surface area contributed by atoms with Gasteiger partial charge >= 0.3 is 11.8 Å². The van der Waals surface area contributed by atoms with E-state index in [0.29, 0.717) is 0 Å². The number of hydrogen-bond donors (Lipinski definition) is 1. The van der Waals surface area contributed by atoms with E-state index in [1.165, 1.54) is 25.1 Å². The molecule has 1 aliphatic rings. The van der Waals surface area contributed by atoms with Crippen molar-refractivity contribution in [3.05, 3.63) is 58.7 Å². The Bertz CT molecular complexity index is 906. The number of pyridine rings is 1. The van der Waals surface area contributed by atoms with Crippen LogP contribution in [-0.4, -0.2) is 16.0 Å². The summed E-state index contributed by atoms with van der Waals surface area (Å²) in [5.41, 5.74) is -0.707. The number of nitriles is 1. The third-order valence-electron chi connectivity index (χ3n) is 4.00. The van der Waals surface area contributed by atoms with E-state index in [9.17, 15) is 23.1 Å². The van der Waals surface area contributed by atoms with E-state index in [0.717, 1.165) is 17.2 Å². The van der Waals surface area contributed by atoms with Crippen molar-refractivity contribution in [1.29, 1.82) is 5.26 Å². The monoisotopic (exact) mass is 347 g/mol. The molecule has 2 heterocycles. The summed E-state index contributed by atoms with van der Waals surface area (Å²) in [7, 11) is 0. The summed E-state index contributed by atoms with van der Waals surface area (Å²) < 4.78 is 42.3. The fourth-order valence-electron chi connectivity index (χ4n) is 2.85. The molecule has 0 saturated heterocycles. The van der Waals surface area contributed by atoms with Gasteiger partial charge in [0.25, 0.3) is 0 Å². The summed E-state index contributed by atoms with van der Waals surface area (Å²) in [5, 5.41) is 18.6. The summed E-state index contributed by atoms with van der Waals surface area (Å²) in [5.74, 6) is -6.20. The molecule has 8 heteroatoms. The predicted octanol–water partition coefficient (Wildman–Crippen LogP) is 2.78. The first-order valence-electron chi connectivity index (χ1n) is 7.33. The number of benzene rings is 1. The van der Waals surface area contributed by atoms with Gasteiger partial charge in [0.1, 0.15) is 11.6 Å². The van der Waals surface area contributed by atoms with Crippen LogP contribution in [0.25, 0.3) is 0 Å². The molecule has 1 N–H and O–H groups in total. The molecule has 3 rings (SSSR count). The van der Waals surface area contributed by atoms with Crippen molar-refractivity contribution in [3.63, 3.8) is 0 Å². The van der Waals surface area contributed by atoms with E-state index in [2.05, 4.69) is 4.98 Å². The van der Waals surface area contributed by atoms with Gasteiger partial charge in [0.15, 0.2) is 0 Å². The second-order valence-electron chi connectivity index (χ2n) is 5.68. The Kier molecular flexibility index (Phi) is 3.97. The van der Waals surface area contributed by atoms with Crippen LogP contribution in [0.1, 0.15) is 35.3 Å². The van der Waals surface area contributed by atoms with Crippen LogP contribution in [0.5, 0.6) is 0 Å². The van der Waals surface area contributed by atoms with Gasteiger partial charge in [0, 0.05) is 6.20 Å². The van der Waals surface area contributed by atoms with Crippen LogP contribution in [0.15, 0.2) is 30.5 Å². The van der Waals surface area contributed by atoms with Gasteiger partial charge in [-0.2, -0.15) is 18.4 Å². The molecule has 128 valence electrons. The summed E-state index contributed by atoms with van der Waals surface area (Å²) in [6.45, 7) is 1.04.